The second-order valence-corrected chi connectivity index (χ2v) is 8.06. The lowest BCUT2D eigenvalue weighted by Gasteiger charge is -2.39. The summed E-state index contributed by atoms with van der Waals surface area (Å²) in [6, 6.07) is 10.1. The van der Waals surface area contributed by atoms with Gasteiger partial charge in [-0.2, -0.15) is 0 Å². The van der Waals surface area contributed by atoms with E-state index in [0.29, 0.717) is 11.3 Å². The molecule has 0 aliphatic carbocycles. The molecular weight excluding hydrogens is 369 g/mol. The molecule has 2 aliphatic heterocycles. The molecule has 1 saturated heterocycles. The fourth-order valence-electron chi connectivity index (χ4n) is 4.93. The van der Waals surface area contributed by atoms with Gasteiger partial charge in [0.2, 0.25) is 0 Å². The van der Waals surface area contributed by atoms with Crippen LogP contribution in [0, 0.1) is 5.82 Å². The van der Waals surface area contributed by atoms with Gasteiger partial charge in [0.05, 0.1) is 12.2 Å². The molecule has 150 valence electrons. The summed E-state index contributed by atoms with van der Waals surface area (Å²) in [6.45, 7) is 6.26. The highest BCUT2D eigenvalue weighted by Gasteiger charge is 2.40. The zero-order valence-electron chi connectivity index (χ0n) is 16.7. The molecule has 0 saturated carbocycles. The van der Waals surface area contributed by atoms with Gasteiger partial charge >= 0.3 is 0 Å². The Balaban J connectivity index is 1.57. The molecule has 2 aromatic carbocycles. The van der Waals surface area contributed by atoms with Crippen molar-refractivity contribution in [3.8, 4) is 11.3 Å². The third-order valence-electron chi connectivity index (χ3n) is 6.42. The third-order valence-corrected chi connectivity index (χ3v) is 6.42. The van der Waals surface area contributed by atoms with Crippen LogP contribution in [0.25, 0.3) is 22.2 Å². The average molecular weight is 393 g/mol. The van der Waals surface area contributed by atoms with Crippen molar-refractivity contribution < 1.29 is 13.7 Å². The minimum Gasteiger partial charge on any atom is -0.356 e. The second kappa shape index (κ2) is 6.95. The van der Waals surface area contributed by atoms with E-state index < -0.39 is 0 Å². The number of hydrogen-bond acceptors (Lipinski definition) is 4. The molecule has 5 nitrogen and oxygen atoms in total. The van der Waals surface area contributed by atoms with Gasteiger partial charge in [0.1, 0.15) is 11.5 Å². The number of carbonyl (C=O) groups is 1. The Bertz CT molecular complexity index is 1090. The number of benzene rings is 2. The molecule has 29 heavy (non-hydrogen) atoms. The number of piperidine rings is 1. The van der Waals surface area contributed by atoms with Gasteiger partial charge in [0, 0.05) is 35.7 Å². The van der Waals surface area contributed by atoms with Crippen molar-refractivity contribution in [1.82, 2.24) is 15.0 Å². The number of hydrogen-bond donors (Lipinski definition) is 0. The maximum Gasteiger partial charge on any atom is 0.255 e. The predicted molar refractivity (Wildman–Crippen MR) is 109 cm³/mol. The minimum absolute atomic E-state index is 0.0428. The molecule has 0 spiro atoms. The number of carbonyl (C=O) groups excluding carboxylic acids is 1. The van der Waals surface area contributed by atoms with E-state index in [0.717, 1.165) is 35.2 Å². The van der Waals surface area contributed by atoms with Gasteiger partial charge in [-0.05, 0) is 50.5 Å². The maximum absolute atomic E-state index is 13.6. The first kappa shape index (κ1) is 18.3. The first-order chi connectivity index (χ1) is 14.1. The van der Waals surface area contributed by atoms with Crippen LogP contribution in [0.2, 0.25) is 0 Å². The van der Waals surface area contributed by atoms with Crippen LogP contribution in [-0.2, 0) is 0 Å². The summed E-state index contributed by atoms with van der Waals surface area (Å²) < 4.78 is 18.9. The fraction of sp³-hybridized carbons (Fsp3) is 0.391. The number of nitrogens with zero attached hydrogens (tertiary/aromatic N) is 3. The highest BCUT2D eigenvalue weighted by atomic mass is 19.1. The van der Waals surface area contributed by atoms with E-state index in [1.54, 1.807) is 6.07 Å². The van der Waals surface area contributed by atoms with E-state index in [4.69, 9.17) is 4.52 Å². The van der Waals surface area contributed by atoms with Gasteiger partial charge in [0.15, 0.2) is 5.58 Å². The Labute approximate surface area is 169 Å². The van der Waals surface area contributed by atoms with E-state index in [1.807, 2.05) is 23.1 Å². The summed E-state index contributed by atoms with van der Waals surface area (Å²) in [5.74, 6) is -0.296. The summed E-state index contributed by atoms with van der Waals surface area (Å²) in [4.78, 5) is 17.7. The van der Waals surface area contributed by atoms with Gasteiger partial charge < -0.3 is 9.42 Å². The van der Waals surface area contributed by atoms with Crippen LogP contribution in [0.1, 0.15) is 55.1 Å². The Hall–Kier alpha value is -2.73. The van der Waals surface area contributed by atoms with E-state index in [9.17, 15) is 9.18 Å². The number of halogens is 1. The number of amides is 1. The number of aromatic nitrogens is 1. The van der Waals surface area contributed by atoms with E-state index in [2.05, 4.69) is 23.9 Å². The van der Waals surface area contributed by atoms with Crippen molar-refractivity contribution in [3.05, 3.63) is 53.3 Å². The van der Waals surface area contributed by atoms with Crippen LogP contribution in [0.15, 0.2) is 40.9 Å². The van der Waals surface area contributed by atoms with Crippen molar-refractivity contribution in [2.45, 2.75) is 45.3 Å². The van der Waals surface area contributed by atoms with Crippen LogP contribution < -0.4 is 0 Å². The van der Waals surface area contributed by atoms with Crippen molar-refractivity contribution in [3.63, 3.8) is 0 Å². The molecule has 0 bridgehead atoms. The number of likely N-dealkylation sites (tertiary alicyclic amines) is 1. The molecule has 5 rings (SSSR count). The highest BCUT2D eigenvalue weighted by Crippen LogP contribution is 2.43. The lowest BCUT2D eigenvalue weighted by atomic mass is 9.95. The van der Waals surface area contributed by atoms with E-state index in [-0.39, 0.29) is 23.9 Å². The first-order valence-electron chi connectivity index (χ1n) is 10.3. The topological polar surface area (TPSA) is 49.6 Å². The highest BCUT2D eigenvalue weighted by molar-refractivity contribution is 6.03. The van der Waals surface area contributed by atoms with Gasteiger partial charge in [-0.25, -0.2) is 4.39 Å². The van der Waals surface area contributed by atoms with Crippen LogP contribution in [0.5, 0.6) is 0 Å². The van der Waals surface area contributed by atoms with Gasteiger partial charge in [-0.15, -0.1) is 0 Å². The molecule has 2 atom stereocenters. The Morgan fingerprint density at radius 3 is 2.69 bits per heavy atom. The maximum atomic E-state index is 13.6. The number of fused-ring (bicyclic) bond motifs is 2. The molecular formula is C23H24FN3O2. The molecule has 2 aliphatic rings. The van der Waals surface area contributed by atoms with Crippen molar-refractivity contribution >= 4 is 16.9 Å². The molecule has 2 unspecified atom stereocenters. The van der Waals surface area contributed by atoms with E-state index in [1.165, 1.54) is 31.4 Å². The summed E-state index contributed by atoms with van der Waals surface area (Å²) in [6.07, 6.45) is 3.67. The SMILES string of the molecule is CC1c2c(cccc2-c2noc3cc(F)ccc23)C(=O)N1C(C)N1CCCCC1. The smallest absolute Gasteiger partial charge is 0.255 e. The van der Waals surface area contributed by atoms with Crippen LogP contribution in [0.4, 0.5) is 4.39 Å². The van der Waals surface area contributed by atoms with Crippen LogP contribution >= 0.6 is 0 Å². The molecule has 0 radical (unpaired) electrons. The van der Waals surface area contributed by atoms with E-state index >= 15 is 0 Å². The zero-order chi connectivity index (χ0) is 20.1. The standard InChI is InChI=1S/C23H24FN3O2/c1-14-21-18(22-17-10-9-16(24)13-20(17)29-25-22)7-6-8-19(21)23(28)27(14)15(2)26-11-4-3-5-12-26/h6-10,13-15H,3-5,11-12H2,1-2H3. The molecule has 3 heterocycles. The third kappa shape index (κ3) is 2.85. The molecule has 1 fully saturated rings. The predicted octanol–water partition coefficient (Wildman–Crippen LogP) is 4.98. The van der Waals surface area contributed by atoms with Crippen molar-refractivity contribution in [1.29, 1.82) is 0 Å². The Morgan fingerprint density at radius 1 is 1.14 bits per heavy atom. The Morgan fingerprint density at radius 2 is 1.90 bits per heavy atom. The first-order valence-corrected chi connectivity index (χ1v) is 10.3. The lowest BCUT2D eigenvalue weighted by Crippen LogP contribution is -2.49. The lowest BCUT2D eigenvalue weighted by molar-refractivity contribution is 0.0218. The van der Waals surface area contributed by atoms with Gasteiger partial charge in [-0.3, -0.25) is 9.69 Å². The second-order valence-electron chi connectivity index (χ2n) is 8.06. The number of rotatable bonds is 3. The van der Waals surface area contributed by atoms with Crippen LogP contribution in [0.3, 0.4) is 0 Å². The molecule has 0 N–H and O–H groups in total. The minimum atomic E-state index is -0.358. The zero-order valence-corrected chi connectivity index (χ0v) is 16.7. The largest absolute Gasteiger partial charge is 0.356 e. The van der Waals surface area contributed by atoms with Gasteiger partial charge in [-0.1, -0.05) is 23.7 Å². The monoisotopic (exact) mass is 393 g/mol. The van der Waals surface area contributed by atoms with Crippen molar-refractivity contribution in [2.75, 3.05) is 13.1 Å². The summed E-state index contributed by atoms with van der Waals surface area (Å²) in [7, 11) is 0. The summed E-state index contributed by atoms with van der Waals surface area (Å²) >= 11 is 0. The summed E-state index contributed by atoms with van der Waals surface area (Å²) in [5.41, 5.74) is 3.64. The molecule has 6 heteroatoms. The van der Waals surface area contributed by atoms with Gasteiger partial charge in [0.25, 0.3) is 5.91 Å². The Kier molecular flexibility index (Phi) is 4.39. The van der Waals surface area contributed by atoms with Crippen LogP contribution in [-0.4, -0.2) is 40.1 Å². The molecule has 1 amide bonds. The quantitative estimate of drug-likeness (QED) is 0.630. The summed E-state index contributed by atoms with van der Waals surface area (Å²) in [5, 5.41) is 4.97. The van der Waals surface area contributed by atoms with Crippen molar-refractivity contribution in [2.24, 2.45) is 0 Å². The fourth-order valence-corrected chi connectivity index (χ4v) is 4.93. The average Bonchev–Trinajstić information content (AvgIpc) is 3.27. The molecule has 3 aromatic rings. The molecule has 1 aromatic heterocycles. The normalized spacial score (nSPS) is 21.0.